The summed E-state index contributed by atoms with van der Waals surface area (Å²) in [5, 5.41) is 17.5. The van der Waals surface area contributed by atoms with Crippen molar-refractivity contribution in [2.75, 3.05) is 10.6 Å². The predicted molar refractivity (Wildman–Crippen MR) is 81.0 cm³/mol. The smallest absolute Gasteiger partial charge is 0.420 e. The highest BCUT2D eigenvalue weighted by Gasteiger charge is 2.34. The van der Waals surface area contributed by atoms with E-state index in [1.54, 1.807) is 0 Å². The van der Waals surface area contributed by atoms with Crippen molar-refractivity contribution in [3.05, 3.63) is 35.6 Å². The van der Waals surface area contributed by atoms with Gasteiger partial charge in [0.15, 0.2) is 5.82 Å². The van der Waals surface area contributed by atoms with Crippen molar-refractivity contribution in [2.24, 2.45) is 0 Å². The molecule has 2 amide bonds. The zero-order valence-electron chi connectivity index (χ0n) is 13.2. The summed E-state index contributed by atoms with van der Waals surface area (Å²) < 4.78 is 43.2. The van der Waals surface area contributed by atoms with Gasteiger partial charge >= 0.3 is 12.2 Å². The Morgan fingerprint density at radius 3 is 2.38 bits per heavy atom. The Morgan fingerprint density at radius 2 is 1.83 bits per heavy atom. The van der Waals surface area contributed by atoms with Crippen molar-refractivity contribution in [3.8, 4) is 5.75 Å². The molecule has 2 rings (SSSR count). The van der Waals surface area contributed by atoms with Gasteiger partial charge in [-0.1, -0.05) is 25.9 Å². The number of halogens is 3. The van der Waals surface area contributed by atoms with Crippen LogP contribution in [0.1, 0.15) is 32.1 Å². The van der Waals surface area contributed by atoms with Crippen LogP contribution < -0.4 is 10.6 Å². The summed E-state index contributed by atoms with van der Waals surface area (Å²) in [5.74, 6) is -0.242. The highest BCUT2D eigenvalue weighted by Crippen LogP contribution is 2.37. The van der Waals surface area contributed by atoms with E-state index in [-0.39, 0.29) is 16.9 Å². The number of alkyl halides is 3. The second-order valence-corrected chi connectivity index (χ2v) is 6.14. The molecule has 1 aromatic carbocycles. The summed E-state index contributed by atoms with van der Waals surface area (Å²) in [5.41, 5.74) is -1.67. The molecule has 9 heteroatoms. The molecule has 0 bridgehead atoms. The normalized spacial score (nSPS) is 12.1. The standard InChI is InChI=1S/C15H16F3N3O3/c1-14(2,3)11-7-12(21-24-11)20-13(23)19-8-4-5-10(22)9(6-8)15(16,17)18/h4-7,22H,1-3H3,(H2,19,20,21,23). The number of benzene rings is 1. The lowest BCUT2D eigenvalue weighted by molar-refractivity contribution is -0.138. The third-order valence-corrected chi connectivity index (χ3v) is 3.05. The number of carbonyl (C=O) groups excluding carboxylic acids is 1. The lowest BCUT2D eigenvalue weighted by atomic mass is 9.93. The number of nitrogens with zero attached hydrogens (tertiary/aromatic N) is 1. The monoisotopic (exact) mass is 343 g/mol. The van der Waals surface area contributed by atoms with Gasteiger partial charge in [0.2, 0.25) is 0 Å². The first-order valence-electron chi connectivity index (χ1n) is 6.92. The molecule has 3 N–H and O–H groups in total. The summed E-state index contributed by atoms with van der Waals surface area (Å²) in [4.78, 5) is 11.8. The molecular weight excluding hydrogens is 327 g/mol. The molecule has 0 unspecified atom stereocenters. The Hall–Kier alpha value is -2.71. The van der Waals surface area contributed by atoms with Crippen LogP contribution in [-0.4, -0.2) is 16.3 Å². The molecule has 1 heterocycles. The third-order valence-electron chi connectivity index (χ3n) is 3.05. The van der Waals surface area contributed by atoms with Crippen LogP contribution >= 0.6 is 0 Å². The molecule has 0 aliphatic heterocycles. The number of hydrogen-bond donors (Lipinski definition) is 3. The number of anilines is 2. The number of nitrogens with one attached hydrogen (secondary N) is 2. The molecule has 0 saturated carbocycles. The SMILES string of the molecule is CC(C)(C)c1cc(NC(=O)Nc2ccc(O)c(C(F)(F)F)c2)no1. The fourth-order valence-corrected chi connectivity index (χ4v) is 1.81. The Kier molecular flexibility index (Phi) is 4.46. The van der Waals surface area contributed by atoms with Gasteiger partial charge in [0, 0.05) is 17.2 Å². The number of aromatic nitrogens is 1. The number of phenols is 1. The van der Waals surface area contributed by atoms with Crippen LogP contribution in [0, 0.1) is 0 Å². The van der Waals surface area contributed by atoms with Crippen LogP contribution in [0.25, 0.3) is 0 Å². The largest absolute Gasteiger partial charge is 0.507 e. The molecule has 0 aliphatic rings. The molecule has 24 heavy (non-hydrogen) atoms. The molecule has 0 fully saturated rings. The minimum atomic E-state index is -4.73. The first-order chi connectivity index (χ1) is 11.0. The van der Waals surface area contributed by atoms with E-state index < -0.39 is 23.5 Å². The molecule has 0 atom stereocenters. The van der Waals surface area contributed by atoms with Crippen molar-refractivity contribution < 1.29 is 27.6 Å². The van der Waals surface area contributed by atoms with Crippen molar-refractivity contribution in [1.82, 2.24) is 5.16 Å². The van der Waals surface area contributed by atoms with Crippen LogP contribution in [0.2, 0.25) is 0 Å². The summed E-state index contributed by atoms with van der Waals surface area (Å²) in [6.07, 6.45) is -4.73. The highest BCUT2D eigenvalue weighted by atomic mass is 19.4. The maximum Gasteiger partial charge on any atom is 0.420 e. The molecule has 0 saturated heterocycles. The van der Waals surface area contributed by atoms with Crippen LogP contribution in [0.4, 0.5) is 29.5 Å². The Bertz CT molecular complexity index is 748. The first kappa shape index (κ1) is 17.6. The Morgan fingerprint density at radius 1 is 1.17 bits per heavy atom. The van der Waals surface area contributed by atoms with Gasteiger partial charge in [-0.3, -0.25) is 5.32 Å². The minimum absolute atomic E-state index is 0.128. The van der Waals surface area contributed by atoms with Crippen molar-refractivity contribution in [1.29, 1.82) is 0 Å². The number of phenolic OH excluding ortho intramolecular Hbond substituents is 1. The van der Waals surface area contributed by atoms with Gasteiger partial charge < -0.3 is 14.9 Å². The maximum atomic E-state index is 12.7. The average Bonchev–Trinajstić information content (AvgIpc) is 2.88. The van der Waals surface area contributed by atoms with Gasteiger partial charge in [0.05, 0.1) is 5.56 Å². The molecule has 2 aromatic rings. The molecule has 0 radical (unpaired) electrons. The Balaban J connectivity index is 2.09. The van der Waals surface area contributed by atoms with Crippen LogP contribution in [0.15, 0.2) is 28.8 Å². The molecule has 130 valence electrons. The summed E-state index contributed by atoms with van der Waals surface area (Å²) in [7, 11) is 0. The second-order valence-electron chi connectivity index (χ2n) is 6.14. The van der Waals surface area contributed by atoms with E-state index in [2.05, 4.69) is 15.8 Å². The van der Waals surface area contributed by atoms with Crippen molar-refractivity contribution in [3.63, 3.8) is 0 Å². The van der Waals surface area contributed by atoms with E-state index in [4.69, 9.17) is 4.52 Å². The van der Waals surface area contributed by atoms with Crippen molar-refractivity contribution in [2.45, 2.75) is 32.4 Å². The fraction of sp³-hybridized carbons (Fsp3) is 0.333. The van der Waals surface area contributed by atoms with E-state index >= 15 is 0 Å². The summed E-state index contributed by atoms with van der Waals surface area (Å²) >= 11 is 0. The maximum absolute atomic E-state index is 12.7. The third kappa shape index (κ3) is 4.18. The molecule has 0 spiro atoms. The Labute approximate surface area is 135 Å². The van der Waals surface area contributed by atoms with Gasteiger partial charge in [0.1, 0.15) is 11.5 Å². The van der Waals surface area contributed by atoms with Crippen molar-refractivity contribution >= 4 is 17.5 Å². The topological polar surface area (TPSA) is 87.4 Å². The van der Waals surface area contributed by atoms with Gasteiger partial charge in [-0.05, 0) is 18.2 Å². The van der Waals surface area contributed by atoms with Gasteiger partial charge in [-0.2, -0.15) is 13.2 Å². The van der Waals surface area contributed by atoms with Gasteiger partial charge in [0.25, 0.3) is 0 Å². The number of urea groups is 1. The molecule has 0 aliphatic carbocycles. The number of carbonyl (C=O) groups is 1. The quantitative estimate of drug-likeness (QED) is 0.708. The minimum Gasteiger partial charge on any atom is -0.507 e. The lowest BCUT2D eigenvalue weighted by Crippen LogP contribution is -2.20. The lowest BCUT2D eigenvalue weighted by Gasteiger charge is -2.12. The van der Waals surface area contributed by atoms with E-state index in [9.17, 15) is 23.1 Å². The van der Waals surface area contributed by atoms with Gasteiger partial charge in [-0.25, -0.2) is 4.79 Å². The molecule has 1 aromatic heterocycles. The second kappa shape index (κ2) is 6.06. The summed E-state index contributed by atoms with van der Waals surface area (Å²) in [6.45, 7) is 5.69. The fourth-order valence-electron chi connectivity index (χ4n) is 1.81. The molecule has 6 nitrogen and oxygen atoms in total. The van der Waals surface area contributed by atoms with Crippen LogP contribution in [0.5, 0.6) is 5.75 Å². The van der Waals surface area contributed by atoms with Crippen LogP contribution in [0.3, 0.4) is 0 Å². The summed E-state index contributed by atoms with van der Waals surface area (Å²) in [6, 6.07) is 3.37. The number of aromatic hydroxyl groups is 1. The number of rotatable bonds is 2. The van der Waals surface area contributed by atoms with E-state index in [1.165, 1.54) is 6.07 Å². The van der Waals surface area contributed by atoms with Crippen LogP contribution in [-0.2, 0) is 11.6 Å². The number of hydrogen-bond acceptors (Lipinski definition) is 4. The zero-order chi connectivity index (χ0) is 18.1. The predicted octanol–water partition coefficient (Wildman–Crippen LogP) is 4.34. The highest BCUT2D eigenvalue weighted by molar-refractivity contribution is 5.99. The average molecular weight is 343 g/mol. The van der Waals surface area contributed by atoms with E-state index in [0.717, 1.165) is 12.1 Å². The van der Waals surface area contributed by atoms with E-state index in [1.807, 2.05) is 20.8 Å². The van der Waals surface area contributed by atoms with Gasteiger partial charge in [-0.15, -0.1) is 0 Å². The number of amides is 2. The first-order valence-corrected chi connectivity index (χ1v) is 6.92. The zero-order valence-corrected chi connectivity index (χ0v) is 13.2. The van der Waals surface area contributed by atoms with E-state index in [0.29, 0.717) is 11.8 Å². The molecular formula is C15H16F3N3O3.